The van der Waals surface area contributed by atoms with Crippen molar-refractivity contribution in [3.63, 3.8) is 0 Å². The maximum atomic E-state index is 10.2. The van der Waals surface area contributed by atoms with Crippen molar-refractivity contribution >= 4 is 10.8 Å². The number of fused-ring (bicyclic) bond motifs is 1. The van der Waals surface area contributed by atoms with Crippen LogP contribution in [-0.2, 0) is 0 Å². The van der Waals surface area contributed by atoms with Gasteiger partial charge in [-0.15, -0.1) is 0 Å². The Kier molecular flexibility index (Phi) is 3.00. The lowest BCUT2D eigenvalue weighted by molar-refractivity contribution is 0.200. The third-order valence-corrected chi connectivity index (χ3v) is 3.79. The Morgan fingerprint density at radius 2 is 1.89 bits per heavy atom. The second-order valence-electron chi connectivity index (χ2n) is 5.26. The normalized spacial score (nSPS) is 19.7. The highest BCUT2D eigenvalue weighted by Gasteiger charge is 2.18. The molecule has 96 valence electrons. The number of hydrogen-bond acceptors (Lipinski definition) is 1. The Bertz CT molecular complexity index is 677. The average molecular weight is 250 g/mol. The minimum Gasteiger partial charge on any atom is -0.389 e. The van der Waals surface area contributed by atoms with Crippen molar-refractivity contribution in [3.8, 4) is 0 Å². The summed E-state index contributed by atoms with van der Waals surface area (Å²) in [6.45, 7) is 3.96. The fourth-order valence-corrected chi connectivity index (χ4v) is 2.91. The number of aliphatic hydroxyl groups excluding tert-OH is 1. The van der Waals surface area contributed by atoms with Crippen molar-refractivity contribution in [3.05, 3.63) is 71.3 Å². The van der Waals surface area contributed by atoms with Crippen LogP contribution in [0.1, 0.15) is 37.0 Å². The summed E-state index contributed by atoms with van der Waals surface area (Å²) >= 11 is 0. The molecule has 19 heavy (non-hydrogen) atoms. The highest BCUT2D eigenvalue weighted by molar-refractivity contribution is 5.87. The first-order valence-corrected chi connectivity index (χ1v) is 6.73. The van der Waals surface area contributed by atoms with Crippen LogP contribution in [0.15, 0.2) is 60.2 Å². The van der Waals surface area contributed by atoms with Crippen LogP contribution in [0.3, 0.4) is 0 Å². The van der Waals surface area contributed by atoms with E-state index < -0.39 is 6.10 Å². The van der Waals surface area contributed by atoms with Gasteiger partial charge in [0.25, 0.3) is 0 Å². The number of hydrogen-bond donors (Lipinski definition) is 1. The maximum absolute atomic E-state index is 10.2. The molecule has 1 aliphatic carbocycles. The first-order valence-electron chi connectivity index (χ1n) is 6.73. The van der Waals surface area contributed by atoms with E-state index in [9.17, 15) is 5.11 Å². The molecule has 1 aliphatic rings. The van der Waals surface area contributed by atoms with Crippen molar-refractivity contribution in [2.75, 3.05) is 0 Å². The number of rotatable bonds is 2. The Hall–Kier alpha value is -1.86. The predicted molar refractivity (Wildman–Crippen MR) is 80.2 cm³/mol. The molecule has 0 radical (unpaired) electrons. The van der Waals surface area contributed by atoms with Crippen LogP contribution in [-0.4, -0.2) is 5.11 Å². The van der Waals surface area contributed by atoms with Gasteiger partial charge in [-0.25, -0.2) is 0 Å². The molecule has 0 aromatic heterocycles. The Morgan fingerprint density at radius 1 is 1.11 bits per heavy atom. The fraction of sp³-hybridized carbons (Fsp3) is 0.222. The molecule has 1 heteroatoms. The summed E-state index contributed by atoms with van der Waals surface area (Å²) in [5.74, 6) is 0.286. The van der Waals surface area contributed by atoms with E-state index in [4.69, 9.17) is 0 Å². The molecule has 0 aliphatic heterocycles. The summed E-state index contributed by atoms with van der Waals surface area (Å²) in [6, 6.07) is 12.5. The van der Waals surface area contributed by atoms with E-state index in [-0.39, 0.29) is 5.92 Å². The minimum absolute atomic E-state index is 0.286. The molecule has 2 aromatic carbocycles. The first kappa shape index (κ1) is 12.2. The molecule has 0 saturated heterocycles. The van der Waals surface area contributed by atoms with Crippen LogP contribution in [0.25, 0.3) is 10.8 Å². The molecular formula is C18H18O. The SMILES string of the molecule is CC1=CC(c2ccc3ccccc3c2C(C)O)C=C1. The van der Waals surface area contributed by atoms with E-state index in [1.54, 1.807) is 0 Å². The van der Waals surface area contributed by atoms with Crippen molar-refractivity contribution in [2.45, 2.75) is 25.9 Å². The highest BCUT2D eigenvalue weighted by atomic mass is 16.3. The predicted octanol–water partition coefficient (Wildman–Crippen LogP) is 4.49. The van der Waals surface area contributed by atoms with E-state index >= 15 is 0 Å². The van der Waals surface area contributed by atoms with Crippen LogP contribution >= 0.6 is 0 Å². The van der Waals surface area contributed by atoms with E-state index in [0.717, 1.165) is 10.9 Å². The van der Waals surface area contributed by atoms with Crippen LogP contribution in [0.4, 0.5) is 0 Å². The highest BCUT2D eigenvalue weighted by Crippen LogP contribution is 2.35. The molecule has 2 unspecified atom stereocenters. The average Bonchev–Trinajstić information content (AvgIpc) is 2.83. The minimum atomic E-state index is -0.455. The van der Waals surface area contributed by atoms with E-state index in [2.05, 4.69) is 49.4 Å². The summed E-state index contributed by atoms with van der Waals surface area (Å²) in [5.41, 5.74) is 3.55. The van der Waals surface area contributed by atoms with Crippen molar-refractivity contribution in [1.82, 2.24) is 0 Å². The van der Waals surface area contributed by atoms with Gasteiger partial charge in [-0.1, -0.05) is 60.2 Å². The lowest BCUT2D eigenvalue weighted by Crippen LogP contribution is -2.02. The number of benzene rings is 2. The molecule has 0 amide bonds. The van der Waals surface area contributed by atoms with Gasteiger partial charge >= 0.3 is 0 Å². The Balaban J connectivity index is 2.25. The Morgan fingerprint density at radius 3 is 2.58 bits per heavy atom. The first-order chi connectivity index (χ1) is 9.16. The van der Waals surface area contributed by atoms with E-state index in [1.165, 1.54) is 16.5 Å². The quantitative estimate of drug-likeness (QED) is 0.832. The van der Waals surface area contributed by atoms with Crippen LogP contribution in [0, 0.1) is 0 Å². The maximum Gasteiger partial charge on any atom is 0.0770 e. The molecular weight excluding hydrogens is 232 g/mol. The molecule has 2 atom stereocenters. The van der Waals surface area contributed by atoms with Crippen LogP contribution < -0.4 is 0 Å². The molecule has 3 rings (SSSR count). The summed E-state index contributed by atoms with van der Waals surface area (Å²) in [7, 11) is 0. The van der Waals surface area contributed by atoms with Crippen LogP contribution in [0.5, 0.6) is 0 Å². The fourth-order valence-electron chi connectivity index (χ4n) is 2.91. The van der Waals surface area contributed by atoms with Gasteiger partial charge < -0.3 is 5.11 Å². The van der Waals surface area contributed by atoms with E-state index in [1.807, 2.05) is 19.1 Å². The summed E-state index contributed by atoms with van der Waals surface area (Å²) in [4.78, 5) is 0. The zero-order chi connectivity index (χ0) is 13.4. The number of aliphatic hydroxyl groups is 1. The zero-order valence-corrected chi connectivity index (χ0v) is 11.3. The topological polar surface area (TPSA) is 20.2 Å². The van der Waals surface area contributed by atoms with Crippen molar-refractivity contribution in [2.24, 2.45) is 0 Å². The number of allylic oxidation sites excluding steroid dienone is 4. The monoisotopic (exact) mass is 250 g/mol. The smallest absolute Gasteiger partial charge is 0.0770 e. The van der Waals surface area contributed by atoms with Gasteiger partial charge in [0.2, 0.25) is 0 Å². The lowest BCUT2D eigenvalue weighted by atomic mass is 9.88. The molecule has 2 aromatic rings. The summed E-state index contributed by atoms with van der Waals surface area (Å²) in [5, 5.41) is 12.5. The van der Waals surface area contributed by atoms with Gasteiger partial charge in [-0.3, -0.25) is 0 Å². The van der Waals surface area contributed by atoms with Gasteiger partial charge in [0.05, 0.1) is 6.10 Å². The molecule has 0 heterocycles. The summed E-state index contributed by atoms with van der Waals surface area (Å²) in [6.07, 6.45) is 6.14. The molecule has 0 fully saturated rings. The molecule has 0 saturated carbocycles. The third-order valence-electron chi connectivity index (χ3n) is 3.79. The third kappa shape index (κ3) is 2.11. The van der Waals surface area contributed by atoms with Gasteiger partial charge in [0, 0.05) is 5.92 Å². The zero-order valence-electron chi connectivity index (χ0n) is 11.3. The Labute approximate surface area is 113 Å². The van der Waals surface area contributed by atoms with Gasteiger partial charge in [0.15, 0.2) is 0 Å². The van der Waals surface area contributed by atoms with E-state index in [0.29, 0.717) is 0 Å². The lowest BCUT2D eigenvalue weighted by Gasteiger charge is -2.18. The molecule has 0 spiro atoms. The second-order valence-corrected chi connectivity index (χ2v) is 5.26. The van der Waals surface area contributed by atoms with Crippen molar-refractivity contribution in [1.29, 1.82) is 0 Å². The van der Waals surface area contributed by atoms with Gasteiger partial charge in [-0.2, -0.15) is 0 Å². The van der Waals surface area contributed by atoms with Gasteiger partial charge in [0.1, 0.15) is 0 Å². The molecule has 1 nitrogen and oxygen atoms in total. The largest absolute Gasteiger partial charge is 0.389 e. The van der Waals surface area contributed by atoms with Crippen molar-refractivity contribution < 1.29 is 5.11 Å². The molecule has 1 N–H and O–H groups in total. The molecule has 0 bridgehead atoms. The van der Waals surface area contributed by atoms with Gasteiger partial charge in [-0.05, 0) is 35.7 Å². The second kappa shape index (κ2) is 4.67. The van der Waals surface area contributed by atoms with Crippen LogP contribution in [0.2, 0.25) is 0 Å². The summed E-state index contributed by atoms with van der Waals surface area (Å²) < 4.78 is 0. The standard InChI is InChI=1S/C18H18O/c1-12-7-8-15(11-12)17-10-9-14-5-3-4-6-16(14)18(17)13(2)19/h3-11,13,15,19H,1-2H3.